The summed E-state index contributed by atoms with van der Waals surface area (Å²) in [5.74, 6) is 0. The lowest BCUT2D eigenvalue weighted by Crippen LogP contribution is -2.24. The largest absolute Gasteiger partial charge is 0.398 e. The zero-order valence-corrected chi connectivity index (χ0v) is 12.2. The Labute approximate surface area is 124 Å². The molecule has 2 rings (SSSR count). The topological polar surface area (TPSA) is 49.5 Å². The Kier molecular flexibility index (Phi) is 5.01. The Bertz CT molecular complexity index is 557. The first kappa shape index (κ1) is 14.9. The van der Waals surface area contributed by atoms with Crippen molar-refractivity contribution in [1.29, 1.82) is 0 Å². The molecule has 3 N–H and O–H groups in total. The molecule has 1 atom stereocenters. The van der Waals surface area contributed by atoms with Crippen LogP contribution in [0.1, 0.15) is 17.2 Å². The number of aliphatic hydroxyl groups is 1. The van der Waals surface area contributed by atoms with Crippen LogP contribution in [-0.4, -0.2) is 23.6 Å². The highest BCUT2D eigenvalue weighted by Gasteiger charge is 2.13. The van der Waals surface area contributed by atoms with Crippen LogP contribution in [-0.2, 0) is 6.54 Å². The van der Waals surface area contributed by atoms with Crippen LogP contribution < -0.4 is 5.73 Å². The van der Waals surface area contributed by atoms with Crippen LogP contribution in [0.4, 0.5) is 5.69 Å². The second kappa shape index (κ2) is 6.75. The van der Waals surface area contributed by atoms with E-state index in [4.69, 9.17) is 17.3 Å². The minimum absolute atomic E-state index is 0.525. The Morgan fingerprint density at radius 3 is 2.45 bits per heavy atom. The molecular formula is C16H19ClN2O. The standard InChI is InChI=1S/C16H19ClN2O/c1-19(10-12-6-8-13(17)9-7-12)11-16(20)14-4-2-3-5-15(14)18/h2-9,16,20H,10-11,18H2,1H3. The Morgan fingerprint density at radius 1 is 1.15 bits per heavy atom. The van der Waals surface area contributed by atoms with E-state index < -0.39 is 6.10 Å². The first-order valence-electron chi connectivity index (χ1n) is 6.51. The van der Waals surface area contributed by atoms with Gasteiger partial charge in [0.25, 0.3) is 0 Å². The SMILES string of the molecule is CN(Cc1ccc(Cl)cc1)CC(O)c1ccccc1N. The number of rotatable bonds is 5. The average molecular weight is 291 g/mol. The summed E-state index contributed by atoms with van der Waals surface area (Å²) in [5, 5.41) is 11.0. The fourth-order valence-corrected chi connectivity index (χ4v) is 2.30. The minimum atomic E-state index is -0.589. The number of aliphatic hydroxyl groups excluding tert-OH is 1. The van der Waals surface area contributed by atoms with Crippen molar-refractivity contribution in [3.05, 3.63) is 64.7 Å². The van der Waals surface area contributed by atoms with Gasteiger partial charge in [-0.25, -0.2) is 0 Å². The molecule has 0 radical (unpaired) electrons. The molecule has 106 valence electrons. The van der Waals surface area contributed by atoms with E-state index in [2.05, 4.69) is 4.90 Å². The predicted octanol–water partition coefficient (Wildman–Crippen LogP) is 3.09. The van der Waals surface area contributed by atoms with Gasteiger partial charge in [0.05, 0.1) is 6.10 Å². The molecule has 0 saturated heterocycles. The third kappa shape index (κ3) is 3.97. The van der Waals surface area contributed by atoms with E-state index in [0.29, 0.717) is 12.2 Å². The van der Waals surface area contributed by atoms with Gasteiger partial charge in [0.2, 0.25) is 0 Å². The summed E-state index contributed by atoms with van der Waals surface area (Å²) in [6.45, 7) is 1.28. The molecule has 2 aromatic carbocycles. The quantitative estimate of drug-likeness (QED) is 0.832. The molecule has 0 heterocycles. The number of benzene rings is 2. The lowest BCUT2D eigenvalue weighted by Gasteiger charge is -2.21. The number of anilines is 1. The number of hydrogen-bond donors (Lipinski definition) is 2. The maximum Gasteiger partial charge on any atom is 0.0936 e. The lowest BCUT2D eigenvalue weighted by molar-refractivity contribution is 0.124. The third-order valence-electron chi connectivity index (χ3n) is 3.21. The molecule has 0 spiro atoms. The van der Waals surface area contributed by atoms with Crippen molar-refractivity contribution in [1.82, 2.24) is 4.90 Å². The van der Waals surface area contributed by atoms with Crippen molar-refractivity contribution in [3.8, 4) is 0 Å². The molecule has 1 unspecified atom stereocenters. The molecule has 0 aliphatic rings. The van der Waals surface area contributed by atoms with Crippen LogP contribution in [0.5, 0.6) is 0 Å². The van der Waals surface area contributed by atoms with Crippen molar-refractivity contribution in [2.75, 3.05) is 19.3 Å². The summed E-state index contributed by atoms with van der Waals surface area (Å²) < 4.78 is 0. The van der Waals surface area contributed by atoms with Gasteiger partial charge in [-0.2, -0.15) is 0 Å². The highest BCUT2D eigenvalue weighted by Crippen LogP contribution is 2.21. The van der Waals surface area contributed by atoms with Crippen LogP contribution in [0, 0.1) is 0 Å². The summed E-state index contributed by atoms with van der Waals surface area (Å²) in [5.41, 5.74) is 8.43. The number of halogens is 1. The minimum Gasteiger partial charge on any atom is -0.398 e. The molecule has 0 aliphatic heterocycles. The molecule has 0 aliphatic carbocycles. The molecule has 0 amide bonds. The summed E-state index contributed by atoms with van der Waals surface area (Å²) in [6.07, 6.45) is -0.589. The van der Waals surface area contributed by atoms with Crippen LogP contribution >= 0.6 is 11.6 Å². The van der Waals surface area contributed by atoms with Crippen LogP contribution in [0.2, 0.25) is 5.02 Å². The van der Waals surface area contributed by atoms with Gasteiger partial charge in [-0.15, -0.1) is 0 Å². The highest BCUT2D eigenvalue weighted by molar-refractivity contribution is 6.30. The van der Waals surface area contributed by atoms with Crippen LogP contribution in [0.25, 0.3) is 0 Å². The van der Waals surface area contributed by atoms with E-state index in [0.717, 1.165) is 22.7 Å². The lowest BCUT2D eigenvalue weighted by atomic mass is 10.1. The molecule has 0 aromatic heterocycles. The number of nitrogen functional groups attached to an aromatic ring is 1. The summed E-state index contributed by atoms with van der Waals surface area (Å²) in [7, 11) is 1.97. The van der Waals surface area contributed by atoms with E-state index in [1.807, 2.05) is 49.5 Å². The number of para-hydroxylation sites is 1. The van der Waals surface area contributed by atoms with Crippen molar-refractivity contribution in [2.24, 2.45) is 0 Å². The molecule has 3 nitrogen and oxygen atoms in total. The Hall–Kier alpha value is -1.55. The molecular weight excluding hydrogens is 272 g/mol. The van der Waals surface area contributed by atoms with E-state index >= 15 is 0 Å². The molecule has 20 heavy (non-hydrogen) atoms. The van der Waals surface area contributed by atoms with Gasteiger partial charge in [-0.05, 0) is 30.8 Å². The fraction of sp³-hybridized carbons (Fsp3) is 0.250. The molecule has 2 aromatic rings. The van der Waals surface area contributed by atoms with Gasteiger partial charge in [0.15, 0.2) is 0 Å². The number of likely N-dealkylation sites (N-methyl/N-ethyl adjacent to an activating group) is 1. The van der Waals surface area contributed by atoms with Gasteiger partial charge >= 0.3 is 0 Å². The summed E-state index contributed by atoms with van der Waals surface area (Å²) in [6, 6.07) is 15.1. The summed E-state index contributed by atoms with van der Waals surface area (Å²) in [4.78, 5) is 2.06. The molecule has 0 fully saturated rings. The van der Waals surface area contributed by atoms with Crippen molar-refractivity contribution in [2.45, 2.75) is 12.6 Å². The highest BCUT2D eigenvalue weighted by atomic mass is 35.5. The normalized spacial score (nSPS) is 12.6. The first-order valence-corrected chi connectivity index (χ1v) is 6.89. The maximum absolute atomic E-state index is 10.3. The molecule has 4 heteroatoms. The Morgan fingerprint density at radius 2 is 1.80 bits per heavy atom. The van der Waals surface area contributed by atoms with Crippen molar-refractivity contribution < 1.29 is 5.11 Å². The first-order chi connectivity index (χ1) is 9.56. The monoisotopic (exact) mass is 290 g/mol. The Balaban J connectivity index is 1.96. The molecule has 0 bridgehead atoms. The van der Waals surface area contributed by atoms with Crippen LogP contribution in [0.15, 0.2) is 48.5 Å². The van der Waals surface area contributed by atoms with E-state index in [9.17, 15) is 5.11 Å². The average Bonchev–Trinajstić information content (AvgIpc) is 2.41. The maximum atomic E-state index is 10.3. The zero-order chi connectivity index (χ0) is 14.5. The molecule has 0 saturated carbocycles. The van der Waals surface area contributed by atoms with E-state index in [1.54, 1.807) is 6.07 Å². The zero-order valence-electron chi connectivity index (χ0n) is 11.5. The second-order valence-corrected chi connectivity index (χ2v) is 5.40. The van der Waals surface area contributed by atoms with Gasteiger partial charge in [-0.1, -0.05) is 41.9 Å². The van der Waals surface area contributed by atoms with Gasteiger partial charge in [-0.3, -0.25) is 4.90 Å². The van der Waals surface area contributed by atoms with Gasteiger partial charge in [0.1, 0.15) is 0 Å². The number of hydrogen-bond acceptors (Lipinski definition) is 3. The van der Waals surface area contributed by atoms with E-state index in [-0.39, 0.29) is 0 Å². The van der Waals surface area contributed by atoms with Gasteiger partial charge in [0, 0.05) is 29.4 Å². The number of nitrogens with two attached hydrogens (primary N) is 1. The van der Waals surface area contributed by atoms with Crippen molar-refractivity contribution >= 4 is 17.3 Å². The van der Waals surface area contributed by atoms with Crippen molar-refractivity contribution in [3.63, 3.8) is 0 Å². The smallest absolute Gasteiger partial charge is 0.0936 e. The third-order valence-corrected chi connectivity index (χ3v) is 3.46. The predicted molar refractivity (Wildman–Crippen MR) is 83.6 cm³/mol. The van der Waals surface area contributed by atoms with E-state index in [1.165, 1.54) is 0 Å². The second-order valence-electron chi connectivity index (χ2n) is 4.97. The number of nitrogens with zero attached hydrogens (tertiary/aromatic N) is 1. The van der Waals surface area contributed by atoms with Gasteiger partial charge < -0.3 is 10.8 Å². The fourth-order valence-electron chi connectivity index (χ4n) is 2.17. The summed E-state index contributed by atoms with van der Waals surface area (Å²) >= 11 is 5.86. The van der Waals surface area contributed by atoms with Crippen LogP contribution in [0.3, 0.4) is 0 Å².